The zero-order valence-electron chi connectivity index (χ0n) is 31.7. The van der Waals surface area contributed by atoms with Gasteiger partial charge in [0.05, 0.1) is 11.7 Å². The van der Waals surface area contributed by atoms with E-state index < -0.39 is 5.97 Å². The molecule has 0 radical (unpaired) electrons. The Labute approximate surface area is 292 Å². The molecule has 10 atom stereocenters. The summed E-state index contributed by atoms with van der Waals surface area (Å²) in [6, 6.07) is 7.68. The van der Waals surface area contributed by atoms with Crippen LogP contribution in [0.3, 0.4) is 0 Å². The number of rotatable bonds is 7. The number of carbonyl (C=O) groups is 1. The molecule has 4 heteroatoms. The first kappa shape index (κ1) is 34.5. The summed E-state index contributed by atoms with van der Waals surface area (Å²) in [6.45, 7) is 26.3. The molecule has 7 rings (SSSR count). The number of hydrogen-bond acceptors (Lipinski definition) is 3. The molecular weight excluding hydrogens is 588 g/mol. The maximum Gasteiger partial charge on any atom is 0.335 e. The summed E-state index contributed by atoms with van der Waals surface area (Å²) >= 11 is 0. The maximum absolute atomic E-state index is 11.6. The average molecular weight is 655 g/mol. The van der Waals surface area contributed by atoms with E-state index in [9.17, 15) is 9.90 Å². The molecule has 4 nitrogen and oxygen atoms in total. The average Bonchev–Trinajstić information content (AvgIpc) is 3.67. The summed E-state index contributed by atoms with van der Waals surface area (Å²) in [5.41, 5.74) is 5.91. The number of likely N-dealkylation sites (tertiary alicyclic amines) is 1. The molecule has 5 aliphatic carbocycles. The van der Waals surface area contributed by atoms with Crippen LogP contribution in [-0.2, 0) is 0 Å². The number of fused-ring (bicyclic) bond motifs is 7. The van der Waals surface area contributed by atoms with E-state index in [0.717, 1.165) is 24.2 Å². The third-order valence-corrected chi connectivity index (χ3v) is 17.1. The Morgan fingerprint density at radius 3 is 2.33 bits per heavy atom. The van der Waals surface area contributed by atoms with Crippen molar-refractivity contribution in [1.82, 2.24) is 9.80 Å². The van der Waals surface area contributed by atoms with E-state index >= 15 is 0 Å². The van der Waals surface area contributed by atoms with Crippen LogP contribution in [0.15, 0.2) is 42.5 Å². The fraction of sp³-hybridized carbons (Fsp3) is 0.750. The Kier molecular flexibility index (Phi) is 8.51. The van der Waals surface area contributed by atoms with Crippen LogP contribution in [0.25, 0.3) is 5.57 Å². The second kappa shape index (κ2) is 11.8. The predicted molar refractivity (Wildman–Crippen MR) is 199 cm³/mol. The van der Waals surface area contributed by atoms with E-state index in [-0.39, 0.29) is 10.8 Å². The predicted octanol–water partition coefficient (Wildman–Crippen LogP) is 10.4. The quantitative estimate of drug-likeness (QED) is 0.297. The topological polar surface area (TPSA) is 43.8 Å². The van der Waals surface area contributed by atoms with Crippen molar-refractivity contribution < 1.29 is 9.90 Å². The molecule has 1 unspecified atom stereocenters. The van der Waals surface area contributed by atoms with Crippen LogP contribution in [0.1, 0.15) is 135 Å². The summed E-state index contributed by atoms with van der Waals surface area (Å²) in [5.74, 6) is 2.73. The molecule has 1 saturated heterocycles. The van der Waals surface area contributed by atoms with Crippen molar-refractivity contribution >= 4 is 11.5 Å². The van der Waals surface area contributed by atoms with Gasteiger partial charge in [-0.15, -0.1) is 0 Å². The van der Waals surface area contributed by atoms with Gasteiger partial charge in [0.25, 0.3) is 0 Å². The van der Waals surface area contributed by atoms with E-state index in [0.29, 0.717) is 39.8 Å². The van der Waals surface area contributed by atoms with Gasteiger partial charge in [0, 0.05) is 6.54 Å². The second-order valence-electron chi connectivity index (χ2n) is 19.1. The van der Waals surface area contributed by atoms with Crippen molar-refractivity contribution in [3.8, 4) is 0 Å². The number of benzene rings is 1. The van der Waals surface area contributed by atoms with Crippen molar-refractivity contribution in [2.24, 2.45) is 56.7 Å². The molecule has 0 amide bonds. The normalized spacial score (nSPS) is 43.6. The highest BCUT2D eigenvalue weighted by Crippen LogP contribution is 2.77. The lowest BCUT2D eigenvalue weighted by Crippen LogP contribution is -2.66. The zero-order chi connectivity index (χ0) is 34.4. The summed E-state index contributed by atoms with van der Waals surface area (Å²) in [4.78, 5) is 17.1. The summed E-state index contributed by atoms with van der Waals surface area (Å²) in [6.07, 6.45) is 17.9. The maximum atomic E-state index is 11.6. The van der Waals surface area contributed by atoms with E-state index in [2.05, 4.69) is 90.1 Å². The van der Waals surface area contributed by atoms with Crippen LogP contribution >= 0.6 is 0 Å². The Balaban J connectivity index is 1.20. The van der Waals surface area contributed by atoms with Gasteiger partial charge in [-0.05, 0) is 178 Å². The third-order valence-electron chi connectivity index (χ3n) is 17.1. The van der Waals surface area contributed by atoms with Crippen molar-refractivity contribution in [2.45, 2.75) is 125 Å². The number of nitrogens with zero attached hydrogens (tertiary/aromatic N) is 2. The van der Waals surface area contributed by atoms with Gasteiger partial charge in [-0.25, -0.2) is 4.79 Å². The van der Waals surface area contributed by atoms with Gasteiger partial charge in [0.2, 0.25) is 0 Å². The third kappa shape index (κ3) is 4.84. The highest BCUT2D eigenvalue weighted by molar-refractivity contribution is 5.88. The lowest BCUT2D eigenvalue weighted by atomic mass is 9.32. The summed E-state index contributed by atoms with van der Waals surface area (Å²) in [7, 11) is 2.46. The van der Waals surface area contributed by atoms with Crippen LogP contribution in [0.4, 0.5) is 0 Å². The van der Waals surface area contributed by atoms with Gasteiger partial charge in [-0.3, -0.25) is 9.80 Å². The van der Waals surface area contributed by atoms with E-state index in [4.69, 9.17) is 0 Å². The standard InChI is InChI=1S/C44H66N2O2/c1-10-46-27-11-12-37(46)45(9)28-44-24-19-32(29(2)3)38(44)34-17-18-36-41(6)22-20-33(30-13-15-31(16-14-30)39(47)48)40(4,5)35(41)21-23-43(36,8)42(34,7)25-26-44/h13-16,20,32,34-38H,2,10-12,17-19,21-28H2,1,3-9H3,(H,47,48)/t32-,34+,35-,36+,37?,38+,41-,42+,43+,44+/m0/s1. The van der Waals surface area contributed by atoms with Gasteiger partial charge in [0.15, 0.2) is 0 Å². The van der Waals surface area contributed by atoms with Gasteiger partial charge in [-0.1, -0.05) is 71.9 Å². The van der Waals surface area contributed by atoms with Gasteiger partial charge in [-0.2, -0.15) is 0 Å². The largest absolute Gasteiger partial charge is 0.478 e. The molecular formula is C44H66N2O2. The van der Waals surface area contributed by atoms with E-state index in [1.54, 1.807) is 12.1 Å². The van der Waals surface area contributed by atoms with Crippen LogP contribution in [0, 0.1) is 56.7 Å². The molecule has 1 heterocycles. The number of carboxylic acid groups (broad SMARTS) is 1. The molecule has 0 bridgehead atoms. The van der Waals surface area contributed by atoms with Crippen molar-refractivity contribution in [3.05, 3.63) is 53.6 Å². The minimum atomic E-state index is -0.849. The van der Waals surface area contributed by atoms with Crippen LogP contribution < -0.4 is 0 Å². The number of allylic oxidation sites excluding steroid dienone is 3. The number of hydrogen-bond donors (Lipinski definition) is 1. The van der Waals surface area contributed by atoms with Crippen LogP contribution in [-0.4, -0.2) is 53.7 Å². The number of carboxylic acids is 1. The summed E-state index contributed by atoms with van der Waals surface area (Å²) < 4.78 is 0. The first-order chi connectivity index (χ1) is 22.6. The minimum Gasteiger partial charge on any atom is -0.478 e. The van der Waals surface area contributed by atoms with Gasteiger partial charge in [0.1, 0.15) is 0 Å². The first-order valence-corrected chi connectivity index (χ1v) is 19.8. The van der Waals surface area contributed by atoms with Crippen molar-refractivity contribution in [1.29, 1.82) is 0 Å². The smallest absolute Gasteiger partial charge is 0.335 e. The zero-order valence-corrected chi connectivity index (χ0v) is 31.7. The number of aromatic carboxylic acids is 1. The minimum absolute atomic E-state index is 0.0479. The van der Waals surface area contributed by atoms with Gasteiger partial charge < -0.3 is 5.11 Å². The van der Waals surface area contributed by atoms with E-state index in [1.807, 2.05) is 0 Å². The molecule has 1 N–H and O–H groups in total. The Morgan fingerprint density at radius 1 is 0.938 bits per heavy atom. The molecule has 4 saturated carbocycles. The molecule has 0 spiro atoms. The van der Waals surface area contributed by atoms with E-state index in [1.165, 1.54) is 101 Å². The van der Waals surface area contributed by atoms with Crippen molar-refractivity contribution in [3.63, 3.8) is 0 Å². The Bertz CT molecular complexity index is 1460. The fourth-order valence-corrected chi connectivity index (χ4v) is 14.7. The molecule has 1 aliphatic heterocycles. The molecule has 264 valence electrons. The van der Waals surface area contributed by atoms with Gasteiger partial charge >= 0.3 is 5.97 Å². The molecule has 6 aliphatic rings. The molecule has 0 aromatic heterocycles. The SMILES string of the molecule is C=C(C)[C@@H]1CC[C@]2(CN(C)C3CCCN3CC)CC[C@]3(C)[C@H](CC[C@@H]4[C@@]5(C)CC=C(c6ccc(C(=O)O)cc6)C(C)(C)[C@@H]5CC[C@]43C)[C@@H]12. The highest BCUT2D eigenvalue weighted by Gasteiger charge is 2.70. The van der Waals surface area contributed by atoms with Crippen molar-refractivity contribution in [2.75, 3.05) is 26.7 Å². The highest BCUT2D eigenvalue weighted by atomic mass is 16.4. The first-order valence-electron chi connectivity index (χ1n) is 19.8. The molecule has 5 fully saturated rings. The van der Waals surface area contributed by atoms with Crippen LogP contribution in [0.2, 0.25) is 0 Å². The molecule has 1 aromatic rings. The monoisotopic (exact) mass is 655 g/mol. The molecule has 48 heavy (non-hydrogen) atoms. The lowest BCUT2D eigenvalue weighted by molar-refractivity contribution is -0.227. The summed E-state index contributed by atoms with van der Waals surface area (Å²) in [5, 5.41) is 9.50. The fourth-order valence-electron chi connectivity index (χ4n) is 14.7. The second-order valence-corrected chi connectivity index (χ2v) is 19.1. The molecule has 1 aromatic carbocycles. The Morgan fingerprint density at radius 2 is 1.67 bits per heavy atom. The van der Waals surface area contributed by atoms with Crippen LogP contribution in [0.5, 0.6) is 0 Å². The Hall–Kier alpha value is -1.91. The lowest BCUT2D eigenvalue weighted by Gasteiger charge is -2.72.